The first-order chi connectivity index (χ1) is 10.9. The van der Waals surface area contributed by atoms with E-state index in [0.29, 0.717) is 12.0 Å². The van der Waals surface area contributed by atoms with E-state index in [1.807, 2.05) is 6.07 Å². The van der Waals surface area contributed by atoms with Crippen molar-refractivity contribution in [2.75, 3.05) is 6.61 Å². The molecule has 0 atom stereocenters. The molecule has 4 nitrogen and oxygen atoms in total. The molecule has 0 aliphatic rings. The lowest BCUT2D eigenvalue weighted by atomic mass is 9.95. The van der Waals surface area contributed by atoms with Gasteiger partial charge in [-0.1, -0.05) is 20.8 Å². The molecule has 0 radical (unpaired) electrons. The molecule has 4 heteroatoms. The van der Waals surface area contributed by atoms with Crippen LogP contribution in [0.2, 0.25) is 0 Å². The van der Waals surface area contributed by atoms with Crippen LogP contribution in [0.15, 0.2) is 12.1 Å². The highest BCUT2D eigenvalue weighted by Crippen LogP contribution is 2.34. The molecule has 2 rings (SSSR count). The summed E-state index contributed by atoms with van der Waals surface area (Å²) < 4.78 is 2.32. The fourth-order valence-electron chi connectivity index (χ4n) is 3.35. The first kappa shape index (κ1) is 17.5. The van der Waals surface area contributed by atoms with Crippen LogP contribution in [0.3, 0.4) is 0 Å². The van der Waals surface area contributed by atoms with Gasteiger partial charge in [-0.3, -0.25) is 0 Å². The van der Waals surface area contributed by atoms with Crippen molar-refractivity contribution in [1.82, 2.24) is 4.57 Å². The minimum atomic E-state index is -0.886. The molecule has 0 aliphatic heterocycles. The SMILES string of the molecule is CCCn1c(C)c(CCCO)c2cc(C(=O)O)cc(C(C)C)c21. The minimum absolute atomic E-state index is 0.148. The standard InChI is InChI=1S/C19H27NO3/c1-5-8-20-13(4)15(7-6-9-21)17-11-14(19(22)23)10-16(12(2)3)18(17)20/h10-12,21H,5-9H2,1-4H3,(H,22,23). The van der Waals surface area contributed by atoms with E-state index in [4.69, 9.17) is 0 Å². The van der Waals surface area contributed by atoms with Gasteiger partial charge in [0, 0.05) is 24.2 Å². The molecule has 2 N–H and O–H groups in total. The summed E-state index contributed by atoms with van der Waals surface area (Å²) >= 11 is 0. The second-order valence-corrected chi connectivity index (χ2v) is 6.46. The third kappa shape index (κ3) is 3.27. The fraction of sp³-hybridized carbons (Fsp3) is 0.526. The van der Waals surface area contributed by atoms with Crippen molar-refractivity contribution in [3.05, 3.63) is 34.5 Å². The van der Waals surface area contributed by atoms with Crippen LogP contribution >= 0.6 is 0 Å². The predicted octanol–water partition coefficient (Wildman–Crippen LogP) is 4.11. The maximum absolute atomic E-state index is 11.5. The number of aryl methyl sites for hydroxylation is 2. The van der Waals surface area contributed by atoms with Gasteiger partial charge >= 0.3 is 5.97 Å². The zero-order valence-corrected chi connectivity index (χ0v) is 14.5. The molecule has 0 unspecified atom stereocenters. The van der Waals surface area contributed by atoms with Crippen molar-refractivity contribution >= 4 is 16.9 Å². The molecule has 0 saturated carbocycles. The summed E-state index contributed by atoms with van der Waals surface area (Å²) in [5.74, 6) is -0.629. The van der Waals surface area contributed by atoms with Gasteiger partial charge in [0.25, 0.3) is 0 Å². The van der Waals surface area contributed by atoms with Gasteiger partial charge in [0.1, 0.15) is 0 Å². The normalized spacial score (nSPS) is 11.6. The topological polar surface area (TPSA) is 62.5 Å². The highest BCUT2D eigenvalue weighted by Gasteiger charge is 2.20. The zero-order valence-electron chi connectivity index (χ0n) is 14.5. The summed E-state index contributed by atoms with van der Waals surface area (Å²) in [5, 5.41) is 19.7. The fourth-order valence-corrected chi connectivity index (χ4v) is 3.35. The van der Waals surface area contributed by atoms with E-state index in [2.05, 4.69) is 32.3 Å². The van der Waals surface area contributed by atoms with Crippen molar-refractivity contribution < 1.29 is 15.0 Å². The number of carbonyl (C=O) groups is 1. The second kappa shape index (κ2) is 7.18. The molecule has 0 fully saturated rings. The number of carboxylic acids is 1. The third-order valence-corrected chi connectivity index (χ3v) is 4.48. The maximum atomic E-state index is 11.5. The smallest absolute Gasteiger partial charge is 0.335 e. The summed E-state index contributed by atoms with van der Waals surface area (Å²) in [6, 6.07) is 3.62. The Labute approximate surface area is 137 Å². The van der Waals surface area contributed by atoms with Crippen molar-refractivity contribution in [1.29, 1.82) is 0 Å². The average Bonchev–Trinajstić information content (AvgIpc) is 2.77. The van der Waals surface area contributed by atoms with Crippen LogP contribution in [0, 0.1) is 6.92 Å². The van der Waals surface area contributed by atoms with E-state index < -0.39 is 5.97 Å². The van der Waals surface area contributed by atoms with Crippen molar-refractivity contribution in [2.45, 2.75) is 59.4 Å². The highest BCUT2D eigenvalue weighted by molar-refractivity contribution is 5.97. The first-order valence-corrected chi connectivity index (χ1v) is 8.42. The summed E-state index contributed by atoms with van der Waals surface area (Å²) in [6.45, 7) is 9.54. The Morgan fingerprint density at radius 1 is 1.30 bits per heavy atom. The van der Waals surface area contributed by atoms with Crippen LogP contribution in [-0.4, -0.2) is 27.4 Å². The third-order valence-electron chi connectivity index (χ3n) is 4.48. The van der Waals surface area contributed by atoms with E-state index in [1.54, 1.807) is 6.07 Å². The monoisotopic (exact) mass is 317 g/mol. The number of fused-ring (bicyclic) bond motifs is 1. The Hall–Kier alpha value is -1.81. The van der Waals surface area contributed by atoms with Crippen LogP contribution in [0.25, 0.3) is 10.9 Å². The van der Waals surface area contributed by atoms with Crippen molar-refractivity contribution in [3.8, 4) is 0 Å². The van der Waals surface area contributed by atoms with Gasteiger partial charge in [0.2, 0.25) is 0 Å². The number of carboxylic acid groups (broad SMARTS) is 1. The van der Waals surface area contributed by atoms with Gasteiger partial charge in [0.05, 0.1) is 11.1 Å². The number of nitrogens with zero attached hydrogens (tertiary/aromatic N) is 1. The number of hydrogen-bond acceptors (Lipinski definition) is 2. The van der Waals surface area contributed by atoms with Crippen LogP contribution in [0.5, 0.6) is 0 Å². The summed E-state index contributed by atoms with van der Waals surface area (Å²) in [6.07, 6.45) is 2.50. The molecule has 23 heavy (non-hydrogen) atoms. The Morgan fingerprint density at radius 3 is 2.52 bits per heavy atom. The van der Waals surface area contributed by atoms with Crippen LogP contribution < -0.4 is 0 Å². The number of hydrogen-bond donors (Lipinski definition) is 2. The van der Waals surface area contributed by atoms with Crippen molar-refractivity contribution in [2.24, 2.45) is 0 Å². The number of rotatable bonds is 7. The summed E-state index contributed by atoms with van der Waals surface area (Å²) in [7, 11) is 0. The Kier molecular flexibility index (Phi) is 5.47. The van der Waals surface area contributed by atoms with Gasteiger partial charge in [-0.05, 0) is 55.4 Å². The molecule has 0 saturated heterocycles. The van der Waals surface area contributed by atoms with E-state index >= 15 is 0 Å². The lowest BCUT2D eigenvalue weighted by molar-refractivity contribution is 0.0697. The van der Waals surface area contributed by atoms with Gasteiger partial charge in [-0.15, -0.1) is 0 Å². The molecule has 126 valence electrons. The average molecular weight is 317 g/mol. The number of aromatic carboxylic acids is 1. The minimum Gasteiger partial charge on any atom is -0.478 e. The quantitative estimate of drug-likeness (QED) is 0.808. The van der Waals surface area contributed by atoms with Gasteiger partial charge < -0.3 is 14.8 Å². The Morgan fingerprint density at radius 2 is 2.00 bits per heavy atom. The molecule has 1 heterocycles. The predicted molar refractivity (Wildman–Crippen MR) is 93.4 cm³/mol. The van der Waals surface area contributed by atoms with E-state index in [-0.39, 0.29) is 12.5 Å². The van der Waals surface area contributed by atoms with Crippen LogP contribution in [0.4, 0.5) is 0 Å². The molecule has 1 aromatic heterocycles. The molecule has 0 bridgehead atoms. The molecule has 2 aromatic rings. The molecule has 1 aromatic carbocycles. The molecule has 0 spiro atoms. The zero-order chi connectivity index (χ0) is 17.1. The lowest BCUT2D eigenvalue weighted by Gasteiger charge is -2.14. The summed E-state index contributed by atoms with van der Waals surface area (Å²) in [4.78, 5) is 11.5. The molecular weight excluding hydrogens is 290 g/mol. The highest BCUT2D eigenvalue weighted by atomic mass is 16.4. The molecular formula is C19H27NO3. The number of benzene rings is 1. The van der Waals surface area contributed by atoms with Crippen LogP contribution in [-0.2, 0) is 13.0 Å². The lowest BCUT2D eigenvalue weighted by Crippen LogP contribution is -2.04. The number of aromatic nitrogens is 1. The van der Waals surface area contributed by atoms with Crippen molar-refractivity contribution in [3.63, 3.8) is 0 Å². The second-order valence-electron chi connectivity index (χ2n) is 6.46. The van der Waals surface area contributed by atoms with E-state index in [9.17, 15) is 15.0 Å². The van der Waals surface area contributed by atoms with Crippen LogP contribution in [0.1, 0.15) is 66.7 Å². The van der Waals surface area contributed by atoms with Gasteiger partial charge in [-0.25, -0.2) is 4.79 Å². The maximum Gasteiger partial charge on any atom is 0.335 e. The van der Waals surface area contributed by atoms with Gasteiger partial charge in [-0.2, -0.15) is 0 Å². The molecule has 0 amide bonds. The first-order valence-electron chi connectivity index (χ1n) is 8.42. The largest absolute Gasteiger partial charge is 0.478 e. The Bertz CT molecular complexity index is 713. The number of aliphatic hydroxyl groups excluding tert-OH is 1. The summed E-state index contributed by atoms with van der Waals surface area (Å²) in [5.41, 5.74) is 4.97. The Balaban J connectivity index is 2.83. The van der Waals surface area contributed by atoms with E-state index in [1.165, 1.54) is 11.3 Å². The van der Waals surface area contributed by atoms with Gasteiger partial charge in [0.15, 0.2) is 0 Å². The number of aliphatic hydroxyl groups is 1. The molecule has 0 aliphatic carbocycles. The van der Waals surface area contributed by atoms with E-state index in [0.717, 1.165) is 35.9 Å².